The van der Waals surface area contributed by atoms with E-state index in [1.165, 1.54) is 6.42 Å². The normalized spacial score (nSPS) is 21.0. The van der Waals surface area contributed by atoms with Crippen molar-refractivity contribution in [2.45, 2.75) is 32.2 Å². The zero-order chi connectivity index (χ0) is 16.6. The molecule has 0 aliphatic carbocycles. The van der Waals surface area contributed by atoms with Crippen LogP contribution in [-0.4, -0.2) is 50.3 Å². The minimum absolute atomic E-state index is 0.0922. The Morgan fingerprint density at radius 1 is 1.25 bits per heavy atom. The van der Waals surface area contributed by atoms with Crippen molar-refractivity contribution in [2.24, 2.45) is 5.92 Å². The molecule has 2 saturated heterocycles. The highest BCUT2D eigenvalue weighted by Gasteiger charge is 2.18. The lowest BCUT2D eigenvalue weighted by Crippen LogP contribution is -2.32. The van der Waals surface area contributed by atoms with Crippen molar-refractivity contribution < 1.29 is 14.3 Å². The van der Waals surface area contributed by atoms with Gasteiger partial charge in [-0.1, -0.05) is 18.2 Å². The summed E-state index contributed by atoms with van der Waals surface area (Å²) >= 11 is 0. The van der Waals surface area contributed by atoms with Crippen LogP contribution in [0.5, 0.6) is 5.75 Å². The maximum Gasteiger partial charge on any atom is 0.260 e. The standard InChI is InChI=1S/C19H28N2O3/c22-19(21-9-3-4-10-21)15-24-18-8-2-1-7-17(18)13-20-12-16-6-5-11-23-14-16/h1-2,7-8,16,20H,3-6,9-15H2. The molecule has 24 heavy (non-hydrogen) atoms. The number of benzene rings is 1. The number of ether oxygens (including phenoxy) is 2. The fraction of sp³-hybridized carbons (Fsp3) is 0.632. The number of para-hydroxylation sites is 1. The first-order chi connectivity index (χ1) is 11.8. The second-order valence-corrected chi connectivity index (χ2v) is 6.70. The Morgan fingerprint density at radius 3 is 2.88 bits per heavy atom. The number of hydrogen-bond donors (Lipinski definition) is 1. The van der Waals surface area contributed by atoms with E-state index >= 15 is 0 Å². The van der Waals surface area contributed by atoms with Gasteiger partial charge in [-0.25, -0.2) is 0 Å². The van der Waals surface area contributed by atoms with Crippen molar-refractivity contribution in [1.82, 2.24) is 10.2 Å². The summed E-state index contributed by atoms with van der Waals surface area (Å²) in [5.74, 6) is 1.50. The summed E-state index contributed by atoms with van der Waals surface area (Å²) in [6, 6.07) is 7.96. The van der Waals surface area contributed by atoms with E-state index in [1.807, 2.05) is 23.1 Å². The molecule has 1 N–H and O–H groups in total. The monoisotopic (exact) mass is 332 g/mol. The molecule has 1 aromatic carbocycles. The second kappa shape index (κ2) is 9.04. The molecule has 0 saturated carbocycles. The number of nitrogens with zero attached hydrogens (tertiary/aromatic N) is 1. The summed E-state index contributed by atoms with van der Waals surface area (Å²) in [6.45, 7) is 5.34. The summed E-state index contributed by atoms with van der Waals surface area (Å²) in [5, 5.41) is 3.50. The minimum Gasteiger partial charge on any atom is -0.483 e. The average molecular weight is 332 g/mol. The fourth-order valence-corrected chi connectivity index (χ4v) is 3.37. The van der Waals surface area contributed by atoms with Crippen LogP contribution in [0.3, 0.4) is 0 Å². The molecule has 1 aromatic rings. The number of likely N-dealkylation sites (tertiary alicyclic amines) is 1. The first kappa shape index (κ1) is 17.2. The Balaban J connectivity index is 1.46. The maximum absolute atomic E-state index is 12.1. The van der Waals surface area contributed by atoms with E-state index in [-0.39, 0.29) is 12.5 Å². The van der Waals surface area contributed by atoms with Crippen LogP contribution in [0.25, 0.3) is 0 Å². The third-order valence-corrected chi connectivity index (χ3v) is 4.79. The molecule has 1 atom stereocenters. The molecule has 0 radical (unpaired) electrons. The van der Waals surface area contributed by atoms with Gasteiger partial charge in [0.2, 0.25) is 0 Å². The van der Waals surface area contributed by atoms with Crippen LogP contribution < -0.4 is 10.1 Å². The molecule has 3 rings (SSSR count). The van der Waals surface area contributed by atoms with E-state index in [0.29, 0.717) is 5.92 Å². The minimum atomic E-state index is 0.0922. The summed E-state index contributed by atoms with van der Waals surface area (Å²) in [4.78, 5) is 14.0. The van der Waals surface area contributed by atoms with Crippen LogP contribution in [0, 0.1) is 5.92 Å². The lowest BCUT2D eigenvalue weighted by Gasteiger charge is -2.22. The fourth-order valence-electron chi connectivity index (χ4n) is 3.37. The van der Waals surface area contributed by atoms with Crippen LogP contribution in [0.15, 0.2) is 24.3 Å². The molecular formula is C19H28N2O3. The predicted octanol–water partition coefficient (Wildman–Crippen LogP) is 2.20. The molecule has 1 unspecified atom stereocenters. The lowest BCUT2D eigenvalue weighted by atomic mass is 10.0. The molecule has 0 aromatic heterocycles. The quantitative estimate of drug-likeness (QED) is 0.832. The molecule has 2 aliphatic rings. The van der Waals surface area contributed by atoms with E-state index in [0.717, 1.165) is 70.0 Å². The van der Waals surface area contributed by atoms with Crippen molar-refractivity contribution in [3.8, 4) is 5.75 Å². The van der Waals surface area contributed by atoms with Crippen LogP contribution in [0.2, 0.25) is 0 Å². The second-order valence-electron chi connectivity index (χ2n) is 6.70. The van der Waals surface area contributed by atoms with Crippen molar-refractivity contribution in [3.63, 3.8) is 0 Å². The third kappa shape index (κ3) is 4.95. The molecule has 2 heterocycles. The molecule has 2 aliphatic heterocycles. The lowest BCUT2D eigenvalue weighted by molar-refractivity contribution is -0.132. The zero-order valence-corrected chi connectivity index (χ0v) is 14.3. The van der Waals surface area contributed by atoms with Gasteiger partial charge in [-0.05, 0) is 37.7 Å². The van der Waals surface area contributed by atoms with Crippen LogP contribution in [-0.2, 0) is 16.1 Å². The molecular weight excluding hydrogens is 304 g/mol. The van der Waals surface area contributed by atoms with Gasteiger partial charge in [-0.2, -0.15) is 0 Å². The largest absolute Gasteiger partial charge is 0.483 e. The van der Waals surface area contributed by atoms with Crippen molar-refractivity contribution >= 4 is 5.91 Å². The van der Waals surface area contributed by atoms with Gasteiger partial charge in [0.1, 0.15) is 5.75 Å². The molecule has 0 spiro atoms. The van der Waals surface area contributed by atoms with Crippen molar-refractivity contribution in [3.05, 3.63) is 29.8 Å². The van der Waals surface area contributed by atoms with Crippen molar-refractivity contribution in [1.29, 1.82) is 0 Å². The Bertz CT molecular complexity index is 523. The Kier molecular flexibility index (Phi) is 6.49. The number of hydrogen-bond acceptors (Lipinski definition) is 4. The highest BCUT2D eigenvalue weighted by Crippen LogP contribution is 2.19. The maximum atomic E-state index is 12.1. The van der Waals surface area contributed by atoms with Crippen LogP contribution in [0.4, 0.5) is 0 Å². The first-order valence-electron chi connectivity index (χ1n) is 9.10. The average Bonchev–Trinajstić information content (AvgIpc) is 3.16. The van der Waals surface area contributed by atoms with E-state index in [2.05, 4.69) is 11.4 Å². The first-order valence-corrected chi connectivity index (χ1v) is 9.10. The van der Waals surface area contributed by atoms with Gasteiger partial charge >= 0.3 is 0 Å². The third-order valence-electron chi connectivity index (χ3n) is 4.79. The van der Waals surface area contributed by atoms with E-state index in [1.54, 1.807) is 0 Å². The van der Waals surface area contributed by atoms with Crippen LogP contribution in [0.1, 0.15) is 31.2 Å². The molecule has 5 heteroatoms. The number of nitrogens with one attached hydrogen (secondary N) is 1. The summed E-state index contributed by atoms with van der Waals surface area (Å²) in [5.41, 5.74) is 1.10. The molecule has 0 bridgehead atoms. The van der Waals surface area contributed by atoms with Gasteiger partial charge in [0.05, 0.1) is 6.61 Å². The Hall–Kier alpha value is -1.59. The number of amides is 1. The summed E-state index contributed by atoms with van der Waals surface area (Å²) in [7, 11) is 0. The SMILES string of the molecule is O=C(COc1ccccc1CNCC1CCCOC1)N1CCCC1. The van der Waals surface area contributed by atoms with E-state index in [4.69, 9.17) is 9.47 Å². The zero-order valence-electron chi connectivity index (χ0n) is 14.3. The van der Waals surface area contributed by atoms with Crippen molar-refractivity contribution in [2.75, 3.05) is 39.5 Å². The summed E-state index contributed by atoms with van der Waals surface area (Å²) in [6.07, 6.45) is 4.61. The number of carbonyl (C=O) groups excluding carboxylic acids is 1. The van der Waals surface area contributed by atoms with Gasteiger partial charge < -0.3 is 19.7 Å². The van der Waals surface area contributed by atoms with Gasteiger partial charge in [0.25, 0.3) is 5.91 Å². The smallest absolute Gasteiger partial charge is 0.260 e. The van der Waals surface area contributed by atoms with Gasteiger partial charge in [-0.3, -0.25) is 4.79 Å². The van der Waals surface area contributed by atoms with Gasteiger partial charge in [0.15, 0.2) is 6.61 Å². The number of carbonyl (C=O) groups is 1. The molecule has 132 valence electrons. The Labute approximate surface area is 144 Å². The van der Waals surface area contributed by atoms with Gasteiger partial charge in [-0.15, -0.1) is 0 Å². The number of rotatable bonds is 7. The highest BCUT2D eigenvalue weighted by atomic mass is 16.5. The molecule has 5 nitrogen and oxygen atoms in total. The van der Waals surface area contributed by atoms with Gasteiger partial charge in [0, 0.05) is 38.3 Å². The predicted molar refractivity (Wildman–Crippen MR) is 93.0 cm³/mol. The molecule has 1 amide bonds. The Morgan fingerprint density at radius 2 is 2.08 bits per heavy atom. The topological polar surface area (TPSA) is 50.8 Å². The summed E-state index contributed by atoms with van der Waals surface area (Å²) < 4.78 is 11.3. The van der Waals surface area contributed by atoms with E-state index < -0.39 is 0 Å². The van der Waals surface area contributed by atoms with E-state index in [9.17, 15) is 4.79 Å². The molecule has 2 fully saturated rings. The highest BCUT2D eigenvalue weighted by molar-refractivity contribution is 5.78. The van der Waals surface area contributed by atoms with Crippen LogP contribution >= 0.6 is 0 Å².